The summed E-state index contributed by atoms with van der Waals surface area (Å²) < 4.78 is 13.5. The maximum atomic E-state index is 10.2. The highest BCUT2D eigenvalue weighted by atomic mass is 31.1. The molecule has 46 valence electrons. The van der Waals surface area contributed by atoms with Crippen LogP contribution in [0, 0.1) is 0 Å². The van der Waals surface area contributed by atoms with E-state index in [2.05, 4.69) is 4.52 Å². The van der Waals surface area contributed by atoms with Gasteiger partial charge < -0.3 is 10.3 Å². The second kappa shape index (κ2) is 3.52. The van der Waals surface area contributed by atoms with E-state index in [1.54, 1.807) is 0 Å². The van der Waals surface area contributed by atoms with Crippen LogP contribution in [-0.4, -0.2) is 12.0 Å². The molecule has 0 radical (unpaired) electrons. The molecule has 0 saturated carbocycles. The van der Waals surface area contributed by atoms with Crippen molar-refractivity contribution in [2.24, 2.45) is 5.73 Å². The molecule has 0 heterocycles. The molecule has 5 heteroatoms. The van der Waals surface area contributed by atoms with Crippen molar-refractivity contribution in [3.8, 4) is 0 Å². The predicted molar refractivity (Wildman–Crippen MR) is 27.3 cm³/mol. The Morgan fingerprint density at radius 3 is 2.50 bits per heavy atom. The summed E-state index contributed by atoms with van der Waals surface area (Å²) in [5.41, 5.74) is 5.00. The Labute approximate surface area is 48.3 Å². The number of rotatable bonds is 2. The van der Waals surface area contributed by atoms with Crippen molar-refractivity contribution in [1.29, 1.82) is 0 Å². The van der Waals surface area contributed by atoms with Crippen molar-refractivity contribution < 1.29 is 13.9 Å². The standard InChI is InChI=1S/C3H6NO3P/c1-2(4)3(5)7-8-6/h2H,4H2,1H3/t2-/m0/s1. The number of carbonyl (C=O) groups excluding carboxylic acids is 1. The van der Waals surface area contributed by atoms with Gasteiger partial charge in [0.25, 0.3) is 0 Å². The van der Waals surface area contributed by atoms with Gasteiger partial charge in [-0.1, -0.05) is 0 Å². The molecule has 2 N–H and O–H groups in total. The zero-order valence-electron chi connectivity index (χ0n) is 4.33. The molecule has 0 aromatic heterocycles. The van der Waals surface area contributed by atoms with Crippen molar-refractivity contribution in [2.45, 2.75) is 13.0 Å². The fourth-order valence-electron chi connectivity index (χ4n) is 0.120. The highest BCUT2D eigenvalue weighted by molar-refractivity contribution is 7.18. The molecule has 0 bridgehead atoms. The summed E-state index contributed by atoms with van der Waals surface area (Å²) in [4.78, 5) is 10.2. The molecule has 0 aromatic rings. The Morgan fingerprint density at radius 1 is 1.88 bits per heavy atom. The van der Waals surface area contributed by atoms with Crippen molar-refractivity contribution in [1.82, 2.24) is 0 Å². The molecular formula is C3H6NO3P. The Hall–Kier alpha value is -0.470. The van der Waals surface area contributed by atoms with Gasteiger partial charge in [-0.25, -0.2) is 9.36 Å². The van der Waals surface area contributed by atoms with Crippen LogP contribution in [0.5, 0.6) is 0 Å². The highest BCUT2D eigenvalue weighted by Gasteiger charge is 2.07. The molecule has 0 unspecified atom stereocenters. The third kappa shape index (κ3) is 2.66. The van der Waals surface area contributed by atoms with Gasteiger partial charge in [0.1, 0.15) is 6.04 Å². The zero-order valence-corrected chi connectivity index (χ0v) is 5.22. The van der Waals surface area contributed by atoms with Crippen LogP contribution in [0.15, 0.2) is 0 Å². The molecule has 4 nitrogen and oxygen atoms in total. The van der Waals surface area contributed by atoms with E-state index in [1.165, 1.54) is 6.92 Å². The molecule has 0 fully saturated rings. The minimum Gasteiger partial charge on any atom is -0.372 e. The first-order chi connectivity index (χ1) is 3.68. The van der Waals surface area contributed by atoms with Gasteiger partial charge in [-0.3, -0.25) is 0 Å². The summed E-state index contributed by atoms with van der Waals surface area (Å²) in [5, 5.41) is 0. The molecule has 0 aliphatic carbocycles. The summed E-state index contributed by atoms with van der Waals surface area (Å²) in [6.45, 7) is 1.45. The van der Waals surface area contributed by atoms with E-state index in [0.29, 0.717) is 0 Å². The predicted octanol–water partition coefficient (Wildman–Crippen LogP) is 0.0835. The molecular weight excluding hydrogens is 129 g/mol. The first kappa shape index (κ1) is 7.53. The van der Waals surface area contributed by atoms with Crippen molar-refractivity contribution >= 4 is 14.7 Å². The topological polar surface area (TPSA) is 69.4 Å². The van der Waals surface area contributed by atoms with Crippen molar-refractivity contribution in [3.05, 3.63) is 0 Å². The van der Waals surface area contributed by atoms with Gasteiger partial charge in [-0.05, 0) is 6.92 Å². The Morgan fingerprint density at radius 2 is 2.38 bits per heavy atom. The minimum absolute atomic E-state index is 0.645. The van der Waals surface area contributed by atoms with E-state index in [0.717, 1.165) is 0 Å². The van der Waals surface area contributed by atoms with Gasteiger partial charge in [0.05, 0.1) is 0 Å². The lowest BCUT2D eigenvalue weighted by Gasteiger charge is -1.95. The maximum absolute atomic E-state index is 10.2. The average Bonchev–Trinajstić information content (AvgIpc) is 1.67. The van der Waals surface area contributed by atoms with Crippen LogP contribution < -0.4 is 5.73 Å². The minimum atomic E-state index is -0.698. The molecule has 0 aromatic carbocycles. The SMILES string of the molecule is C[C@H](N)C(=O)OP=O. The molecule has 0 amide bonds. The largest absolute Gasteiger partial charge is 0.398 e. The fourth-order valence-corrected chi connectivity index (χ4v) is 0.360. The van der Waals surface area contributed by atoms with Gasteiger partial charge in [0.2, 0.25) is 0 Å². The number of hydrogen-bond donors (Lipinski definition) is 1. The monoisotopic (exact) mass is 135 g/mol. The van der Waals surface area contributed by atoms with E-state index >= 15 is 0 Å². The van der Waals surface area contributed by atoms with Crippen LogP contribution in [0.2, 0.25) is 0 Å². The van der Waals surface area contributed by atoms with Crippen molar-refractivity contribution in [3.63, 3.8) is 0 Å². The number of carbonyl (C=O) groups is 1. The van der Waals surface area contributed by atoms with E-state index in [4.69, 9.17) is 5.73 Å². The van der Waals surface area contributed by atoms with E-state index in [1.807, 2.05) is 0 Å². The van der Waals surface area contributed by atoms with Crippen molar-refractivity contribution in [2.75, 3.05) is 0 Å². The van der Waals surface area contributed by atoms with Crippen LogP contribution in [-0.2, 0) is 13.9 Å². The average molecular weight is 135 g/mol. The summed E-state index contributed by atoms with van der Waals surface area (Å²) in [7, 11) is -0.645. The summed E-state index contributed by atoms with van der Waals surface area (Å²) in [6, 6.07) is -0.698. The van der Waals surface area contributed by atoms with Crippen LogP contribution in [0.3, 0.4) is 0 Å². The van der Waals surface area contributed by atoms with Gasteiger partial charge in [0.15, 0.2) is 0 Å². The third-order valence-corrected chi connectivity index (χ3v) is 0.754. The van der Waals surface area contributed by atoms with Crippen LogP contribution in [0.25, 0.3) is 0 Å². The molecule has 0 aliphatic rings. The second-order valence-electron chi connectivity index (χ2n) is 1.27. The fraction of sp³-hybridized carbons (Fsp3) is 0.667. The quantitative estimate of drug-likeness (QED) is 0.544. The Kier molecular flexibility index (Phi) is 3.31. The summed E-state index contributed by atoms with van der Waals surface area (Å²) in [6.07, 6.45) is 0. The van der Waals surface area contributed by atoms with Crippen LogP contribution in [0.4, 0.5) is 0 Å². The Balaban J connectivity index is 3.48. The van der Waals surface area contributed by atoms with Gasteiger partial charge in [0, 0.05) is 0 Å². The Bertz CT molecular complexity index is 103. The van der Waals surface area contributed by atoms with Crippen LogP contribution >= 0.6 is 8.69 Å². The lowest BCUT2D eigenvalue weighted by Crippen LogP contribution is -2.26. The summed E-state index contributed by atoms with van der Waals surface area (Å²) >= 11 is 0. The first-order valence-electron chi connectivity index (χ1n) is 1.97. The lowest BCUT2D eigenvalue weighted by molar-refractivity contribution is -0.134. The maximum Gasteiger partial charge on any atom is 0.398 e. The van der Waals surface area contributed by atoms with Gasteiger partial charge >= 0.3 is 14.7 Å². The van der Waals surface area contributed by atoms with E-state index < -0.39 is 20.7 Å². The highest BCUT2D eigenvalue weighted by Crippen LogP contribution is 1.95. The lowest BCUT2D eigenvalue weighted by atomic mass is 10.4. The normalized spacial score (nSPS) is 13.2. The molecule has 1 atom stereocenters. The second-order valence-corrected chi connectivity index (χ2v) is 1.61. The summed E-state index contributed by atoms with van der Waals surface area (Å²) in [5.74, 6) is -0.665. The van der Waals surface area contributed by atoms with Gasteiger partial charge in [-0.2, -0.15) is 0 Å². The molecule has 0 rings (SSSR count). The van der Waals surface area contributed by atoms with E-state index in [9.17, 15) is 9.36 Å². The molecule has 0 saturated heterocycles. The zero-order chi connectivity index (χ0) is 6.57. The molecule has 8 heavy (non-hydrogen) atoms. The smallest absolute Gasteiger partial charge is 0.372 e. The number of hydrogen-bond acceptors (Lipinski definition) is 4. The molecule has 0 spiro atoms. The first-order valence-corrected chi connectivity index (χ1v) is 2.70. The van der Waals surface area contributed by atoms with E-state index in [-0.39, 0.29) is 0 Å². The van der Waals surface area contributed by atoms with Crippen LogP contribution in [0.1, 0.15) is 6.92 Å². The number of nitrogens with two attached hydrogens (primary N) is 1. The van der Waals surface area contributed by atoms with Gasteiger partial charge in [-0.15, -0.1) is 0 Å². The third-order valence-electron chi connectivity index (χ3n) is 0.499. The molecule has 0 aliphatic heterocycles.